The summed E-state index contributed by atoms with van der Waals surface area (Å²) in [5.74, 6) is 0. The number of hydrogen-bond acceptors (Lipinski definition) is 2. The number of fused-ring (bicyclic) bond motifs is 2. The average Bonchev–Trinajstić information content (AvgIpc) is 2.38. The van der Waals surface area contributed by atoms with Gasteiger partial charge < -0.3 is 10.4 Å². The lowest BCUT2D eigenvalue weighted by Crippen LogP contribution is -2.39. The summed E-state index contributed by atoms with van der Waals surface area (Å²) in [7, 11) is 0. The van der Waals surface area contributed by atoms with E-state index < -0.39 is 11.5 Å². The molecule has 98 valence electrons. The van der Waals surface area contributed by atoms with E-state index in [9.17, 15) is 5.11 Å². The topological polar surface area (TPSA) is 32.3 Å². The number of aliphatic hydroxyl groups is 1. The van der Waals surface area contributed by atoms with Gasteiger partial charge in [-0.1, -0.05) is 35.9 Å². The molecule has 0 bridgehead atoms. The van der Waals surface area contributed by atoms with Gasteiger partial charge in [-0.05, 0) is 43.2 Å². The minimum absolute atomic E-state index is 0.429. The molecular weight excluding hydrogens is 258 g/mol. The van der Waals surface area contributed by atoms with Crippen LogP contribution in [0.2, 0.25) is 5.02 Å². The summed E-state index contributed by atoms with van der Waals surface area (Å²) in [5.41, 5.74) is 3.75. The normalized spacial score (nSPS) is 22.1. The van der Waals surface area contributed by atoms with Gasteiger partial charge in [0.25, 0.3) is 0 Å². The molecule has 0 saturated heterocycles. The Kier molecular flexibility index (Phi) is 2.80. The van der Waals surface area contributed by atoms with E-state index in [1.54, 1.807) is 0 Å². The molecule has 2 unspecified atom stereocenters. The van der Waals surface area contributed by atoms with Crippen LogP contribution in [-0.2, 0) is 5.41 Å². The van der Waals surface area contributed by atoms with Crippen LogP contribution in [0.15, 0.2) is 42.5 Å². The summed E-state index contributed by atoms with van der Waals surface area (Å²) < 4.78 is 0. The van der Waals surface area contributed by atoms with Crippen LogP contribution >= 0.6 is 11.6 Å². The van der Waals surface area contributed by atoms with Crippen LogP contribution in [0.1, 0.15) is 25.0 Å². The predicted octanol–water partition coefficient (Wildman–Crippen LogP) is 4.08. The van der Waals surface area contributed by atoms with Crippen LogP contribution in [0.25, 0.3) is 0 Å². The predicted molar refractivity (Wildman–Crippen MR) is 79.3 cm³/mol. The van der Waals surface area contributed by atoms with Crippen molar-refractivity contribution in [3.63, 3.8) is 0 Å². The van der Waals surface area contributed by atoms with Crippen LogP contribution in [-0.4, -0.2) is 11.2 Å². The molecule has 19 heavy (non-hydrogen) atoms. The van der Waals surface area contributed by atoms with Crippen LogP contribution in [0, 0.1) is 0 Å². The smallest absolute Gasteiger partial charge is 0.0648 e. The van der Waals surface area contributed by atoms with E-state index in [-0.39, 0.29) is 0 Å². The van der Waals surface area contributed by atoms with Crippen molar-refractivity contribution in [2.24, 2.45) is 0 Å². The average molecular weight is 274 g/mol. The van der Waals surface area contributed by atoms with Gasteiger partial charge in [-0.25, -0.2) is 0 Å². The van der Waals surface area contributed by atoms with Gasteiger partial charge in [0.1, 0.15) is 0 Å². The Bertz CT molecular complexity index is 638. The van der Waals surface area contributed by atoms with E-state index in [4.69, 9.17) is 11.6 Å². The first-order chi connectivity index (χ1) is 9.03. The fraction of sp³-hybridized carbons (Fsp3) is 0.250. The molecule has 0 amide bonds. The highest BCUT2D eigenvalue weighted by Gasteiger charge is 2.40. The molecule has 1 aliphatic heterocycles. The van der Waals surface area contributed by atoms with Crippen LogP contribution in [0.5, 0.6) is 0 Å². The van der Waals surface area contributed by atoms with Gasteiger partial charge in [-0.2, -0.15) is 0 Å². The van der Waals surface area contributed by atoms with E-state index >= 15 is 0 Å². The molecule has 0 aliphatic carbocycles. The molecule has 2 aromatic rings. The third-order valence-electron chi connectivity index (χ3n) is 4.13. The number of para-hydroxylation sites is 1. The minimum Gasteiger partial charge on any atom is -0.392 e. The van der Waals surface area contributed by atoms with E-state index in [0.717, 1.165) is 22.5 Å². The third kappa shape index (κ3) is 1.75. The molecule has 2 N–H and O–H groups in total. The summed E-state index contributed by atoms with van der Waals surface area (Å²) in [6, 6.07) is 13.9. The lowest BCUT2D eigenvalue weighted by Gasteiger charge is -2.40. The van der Waals surface area contributed by atoms with Gasteiger partial charge in [-0.15, -0.1) is 0 Å². The van der Waals surface area contributed by atoms with Crippen LogP contribution in [0.4, 0.5) is 11.4 Å². The zero-order valence-electron chi connectivity index (χ0n) is 10.9. The zero-order valence-corrected chi connectivity index (χ0v) is 11.7. The number of benzene rings is 2. The first-order valence-corrected chi connectivity index (χ1v) is 6.76. The third-order valence-corrected chi connectivity index (χ3v) is 4.37. The molecule has 3 rings (SSSR count). The first-order valence-electron chi connectivity index (χ1n) is 6.38. The molecule has 3 heteroatoms. The van der Waals surface area contributed by atoms with Gasteiger partial charge in [0.05, 0.1) is 6.10 Å². The van der Waals surface area contributed by atoms with Gasteiger partial charge >= 0.3 is 0 Å². The fourth-order valence-corrected chi connectivity index (χ4v) is 3.03. The lowest BCUT2D eigenvalue weighted by molar-refractivity contribution is 0.129. The van der Waals surface area contributed by atoms with Crippen molar-refractivity contribution in [2.75, 3.05) is 5.32 Å². The summed E-state index contributed by atoms with van der Waals surface area (Å²) in [4.78, 5) is 0. The summed E-state index contributed by atoms with van der Waals surface area (Å²) >= 11 is 6.07. The second-order valence-corrected chi connectivity index (χ2v) is 5.68. The summed E-state index contributed by atoms with van der Waals surface area (Å²) in [6.07, 6.45) is -0.490. The van der Waals surface area contributed by atoms with Crippen LogP contribution in [0.3, 0.4) is 0 Å². The number of nitrogens with one attached hydrogen (secondary N) is 1. The number of halogens is 1. The van der Waals surface area contributed by atoms with Crippen molar-refractivity contribution in [1.82, 2.24) is 0 Å². The quantitative estimate of drug-likeness (QED) is 0.820. The minimum atomic E-state index is -0.490. The number of aliphatic hydroxyl groups excluding tert-OH is 1. The van der Waals surface area contributed by atoms with E-state index in [1.807, 2.05) is 43.3 Å². The zero-order chi connectivity index (χ0) is 13.6. The lowest BCUT2D eigenvalue weighted by atomic mass is 9.69. The molecule has 1 aliphatic rings. The Morgan fingerprint density at radius 1 is 1.11 bits per heavy atom. The standard InChI is InChI=1S/C16H16ClNO/c1-10(19)16(2)12-5-3-4-6-14(12)18-15-9-11(17)7-8-13(15)16/h3-10,18-19H,1-2H3. The first kappa shape index (κ1) is 12.5. The maximum absolute atomic E-state index is 10.3. The van der Waals surface area contributed by atoms with E-state index in [1.165, 1.54) is 0 Å². The molecule has 2 atom stereocenters. The van der Waals surface area contributed by atoms with Crippen molar-refractivity contribution >= 4 is 23.0 Å². The van der Waals surface area contributed by atoms with Crippen molar-refractivity contribution in [3.8, 4) is 0 Å². The number of hydrogen-bond donors (Lipinski definition) is 2. The molecule has 2 nitrogen and oxygen atoms in total. The van der Waals surface area contributed by atoms with Gasteiger partial charge in [0.2, 0.25) is 0 Å². The van der Waals surface area contributed by atoms with Crippen molar-refractivity contribution in [1.29, 1.82) is 0 Å². The Morgan fingerprint density at radius 2 is 1.79 bits per heavy atom. The van der Waals surface area contributed by atoms with E-state index in [0.29, 0.717) is 5.02 Å². The maximum Gasteiger partial charge on any atom is 0.0648 e. The molecule has 1 heterocycles. The van der Waals surface area contributed by atoms with Crippen molar-refractivity contribution in [2.45, 2.75) is 25.4 Å². The van der Waals surface area contributed by atoms with Gasteiger partial charge in [0, 0.05) is 21.8 Å². The molecule has 0 fully saturated rings. The summed E-state index contributed by atoms with van der Waals surface area (Å²) in [6.45, 7) is 3.91. The highest BCUT2D eigenvalue weighted by atomic mass is 35.5. The molecule has 0 aromatic heterocycles. The molecule has 0 spiro atoms. The van der Waals surface area contributed by atoms with Crippen molar-refractivity contribution < 1.29 is 5.11 Å². The van der Waals surface area contributed by atoms with Gasteiger partial charge in [-0.3, -0.25) is 0 Å². The number of anilines is 2. The van der Waals surface area contributed by atoms with Crippen molar-refractivity contribution in [3.05, 3.63) is 58.6 Å². The monoisotopic (exact) mass is 273 g/mol. The summed E-state index contributed by atoms with van der Waals surface area (Å²) in [5, 5.41) is 14.4. The second-order valence-electron chi connectivity index (χ2n) is 5.24. The molecule has 0 radical (unpaired) electrons. The van der Waals surface area contributed by atoms with E-state index in [2.05, 4.69) is 18.3 Å². The maximum atomic E-state index is 10.3. The largest absolute Gasteiger partial charge is 0.392 e. The highest BCUT2D eigenvalue weighted by molar-refractivity contribution is 6.31. The van der Waals surface area contributed by atoms with Gasteiger partial charge in [0.15, 0.2) is 0 Å². The highest BCUT2D eigenvalue weighted by Crippen LogP contribution is 2.47. The SMILES string of the molecule is CC(O)C1(C)c2ccccc2Nc2cc(Cl)ccc21. The Morgan fingerprint density at radius 3 is 2.53 bits per heavy atom. The Hall–Kier alpha value is -1.51. The molecule has 2 aromatic carbocycles. The van der Waals surface area contributed by atoms with Crippen LogP contribution < -0.4 is 5.32 Å². The molecule has 0 saturated carbocycles. The second kappa shape index (κ2) is 4.26. The Labute approximate surface area is 118 Å². The molecular formula is C16H16ClNO. The number of rotatable bonds is 1. The Balaban J connectivity index is 2.30. The fourth-order valence-electron chi connectivity index (χ4n) is 2.86.